The average molecular weight is 1930 g/mol. The van der Waals surface area contributed by atoms with Gasteiger partial charge in [0.2, 0.25) is 29.5 Å². The molecule has 51 unspecified atom stereocenters. The second kappa shape index (κ2) is 47.3. The molecule has 0 saturated carbocycles. The Labute approximate surface area is 746 Å². The topological polar surface area (TPSA) is 925 Å². The van der Waals surface area contributed by atoms with Crippen molar-refractivity contribution in [1.29, 1.82) is 0 Å². The van der Waals surface area contributed by atoms with Gasteiger partial charge in [-0.25, -0.2) is 4.79 Å². The third-order valence-corrected chi connectivity index (χ3v) is 23.8. The Morgan fingerprint density at radius 3 is 1.01 bits per heavy atom. The highest BCUT2D eigenvalue weighted by Crippen LogP contribution is 2.42. The minimum absolute atomic E-state index is 0.815. The number of nitrogens with one attached hydrogen (secondary N) is 5. The van der Waals surface area contributed by atoms with E-state index in [1.165, 1.54) is 0 Å². The van der Waals surface area contributed by atoms with Crippen molar-refractivity contribution >= 4 is 35.5 Å². The van der Waals surface area contributed by atoms with Gasteiger partial charge in [-0.05, 0) is 0 Å². The van der Waals surface area contributed by atoms with Crippen LogP contribution in [-0.2, 0) is 119 Å². The van der Waals surface area contributed by atoms with Crippen molar-refractivity contribution in [2.45, 2.75) is 353 Å². The molecular weight excluding hydrogens is 1810 g/mol. The van der Waals surface area contributed by atoms with Gasteiger partial charge in [-0.1, -0.05) is 0 Å². The second-order valence-electron chi connectivity index (χ2n) is 33.2. The number of hydrogen-bond donors (Lipinski definition) is 34. The van der Waals surface area contributed by atoms with Crippen molar-refractivity contribution in [1.82, 2.24) is 26.6 Å². The molecule has 34 N–H and O–H groups in total. The molecule has 59 nitrogen and oxygen atoms in total. The summed E-state index contributed by atoms with van der Waals surface area (Å²) in [6.07, 6.45) is -99.3. The standard InChI is InChI=1S/C73H121N5O54/c1-17(87)74-33-22(92)6-73(72(112)113,132-59(33)38(94)23(93)7-79)115-16-32-42(98)49(105)53(109)68(124-32)127-57-29(13-85)122-66(37(47(57)103)78-21(5)91)131-62-51(107)41(97)26(10-82)119-71(62)129-60-43(99)31(123-69(54(60)110)128-58-30(14-86)120-64(35(45(58)101)76-19(3)89)125-55-27(11-83)116-63(111)34(44(55)100)75-18(2)88)15-114-70-61(50(106)40(96)25(9-81)118-70)130-65-36(77-20(4)90)46(102)56(28(12-84)121-65)126-67-52(108)48(104)39(95)24(8-80)117-67/h22-71,79-86,92-111H,6-16H2,1-5H3,(H,74,87)(H,75,88)(H,76,89)(H,77,90)(H,78,91)(H,112,113). The fourth-order valence-electron chi connectivity index (χ4n) is 16.9. The molecule has 0 aromatic carbocycles. The molecule has 0 aliphatic carbocycles. The van der Waals surface area contributed by atoms with E-state index in [2.05, 4.69) is 26.6 Å². The molecule has 0 bridgehead atoms. The number of amides is 5. The summed E-state index contributed by atoms with van der Waals surface area (Å²) >= 11 is 0. The highest BCUT2D eigenvalue weighted by atomic mass is 16.8. The van der Waals surface area contributed by atoms with E-state index in [1.54, 1.807) is 0 Å². The first-order valence-corrected chi connectivity index (χ1v) is 41.8. The van der Waals surface area contributed by atoms with E-state index in [0.29, 0.717) is 0 Å². The lowest BCUT2D eigenvalue weighted by Crippen LogP contribution is -2.71. The number of aliphatic hydroxyl groups is 28. The van der Waals surface area contributed by atoms with E-state index in [9.17, 15) is 177 Å². The van der Waals surface area contributed by atoms with Gasteiger partial charge < -0.3 is 265 Å². The third-order valence-electron chi connectivity index (χ3n) is 23.8. The molecule has 10 aliphatic rings. The SMILES string of the molecule is CC(=O)NC1C(O)OC(CO)C(OC2OC(CO)C(OC3OC(COC4OC(CO)C(O)C(O)C4OC4OC(CO)C(OC5OC(CO)C(O)C(O)C5O)C(O)C4NC(C)=O)C(O)C(OC4OC(CO)C(O)C(O)C4OC4OC(CO)C(OC5OC(COC6(C(=O)O)CC(O)C(NC(C)=O)C(C(O)C(O)CO)O6)C(O)C(O)C5O)C(O)C4NC(C)=O)C3O)C(O)C2NC(C)=O)C1O. The predicted molar refractivity (Wildman–Crippen MR) is 405 cm³/mol. The van der Waals surface area contributed by atoms with E-state index < -0.39 is 420 Å². The lowest BCUT2D eigenvalue weighted by molar-refractivity contribution is -0.399. The molecule has 5 amide bonds. The van der Waals surface area contributed by atoms with Gasteiger partial charge in [0.25, 0.3) is 5.79 Å². The Balaban J connectivity index is 0.960. The molecular formula is C73H121N5O54. The van der Waals surface area contributed by atoms with Crippen LogP contribution in [0, 0.1) is 0 Å². The van der Waals surface area contributed by atoms with E-state index >= 15 is 0 Å². The van der Waals surface area contributed by atoms with Gasteiger partial charge in [-0.2, -0.15) is 0 Å². The van der Waals surface area contributed by atoms with Gasteiger partial charge in [0.15, 0.2) is 56.6 Å². The van der Waals surface area contributed by atoms with Crippen LogP contribution in [0.15, 0.2) is 0 Å². The molecule has 0 aromatic heterocycles. The fraction of sp³-hybridized carbons (Fsp3) is 0.918. The zero-order valence-electron chi connectivity index (χ0n) is 70.8. The molecule has 10 rings (SSSR count). The Morgan fingerprint density at radius 2 is 0.614 bits per heavy atom. The smallest absolute Gasteiger partial charge is 0.364 e. The summed E-state index contributed by atoms with van der Waals surface area (Å²) in [7, 11) is 0. The van der Waals surface area contributed by atoms with Crippen LogP contribution in [-0.4, -0.2) is 562 Å². The number of carbonyl (C=O) groups is 6. The van der Waals surface area contributed by atoms with Crippen molar-refractivity contribution in [3.63, 3.8) is 0 Å². The van der Waals surface area contributed by atoms with Gasteiger partial charge in [0, 0.05) is 41.0 Å². The van der Waals surface area contributed by atoms with E-state index in [-0.39, 0.29) is 0 Å². The molecule has 10 aliphatic heterocycles. The Kier molecular flexibility index (Phi) is 39.0. The van der Waals surface area contributed by atoms with Gasteiger partial charge >= 0.3 is 5.97 Å². The molecule has 10 heterocycles. The summed E-state index contributed by atoms with van der Waals surface area (Å²) in [6, 6.07) is -9.43. The van der Waals surface area contributed by atoms with Crippen LogP contribution in [0.1, 0.15) is 41.0 Å². The summed E-state index contributed by atoms with van der Waals surface area (Å²) in [5.74, 6) is -9.84. The molecule has 132 heavy (non-hydrogen) atoms. The maximum atomic E-state index is 13.2. The minimum atomic E-state index is -3.11. The summed E-state index contributed by atoms with van der Waals surface area (Å²) in [4.78, 5) is 76.7. The maximum absolute atomic E-state index is 13.2. The monoisotopic (exact) mass is 1930 g/mol. The first-order chi connectivity index (χ1) is 62.3. The summed E-state index contributed by atoms with van der Waals surface area (Å²) in [6.45, 7) is -7.13. The lowest BCUT2D eigenvalue weighted by atomic mass is 9.88. The van der Waals surface area contributed by atoms with Gasteiger partial charge in [-0.15, -0.1) is 0 Å². The number of aliphatic carboxylic acids is 1. The molecule has 0 aromatic rings. The Hall–Kier alpha value is -5.06. The lowest BCUT2D eigenvalue weighted by Gasteiger charge is -2.51. The van der Waals surface area contributed by atoms with E-state index in [4.69, 9.17) is 90.0 Å². The maximum Gasteiger partial charge on any atom is 0.364 e. The van der Waals surface area contributed by atoms with Crippen molar-refractivity contribution in [3.8, 4) is 0 Å². The number of carboxylic acid groups (broad SMARTS) is 1. The summed E-state index contributed by atoms with van der Waals surface area (Å²) in [5, 5.41) is 336. The number of carbonyl (C=O) groups excluding carboxylic acids is 5. The number of hydrogen-bond acceptors (Lipinski definition) is 53. The van der Waals surface area contributed by atoms with Gasteiger partial charge in [0.1, 0.15) is 238 Å². The zero-order chi connectivity index (χ0) is 97.6. The largest absolute Gasteiger partial charge is 0.477 e. The highest BCUT2D eigenvalue weighted by Gasteiger charge is 2.63. The Bertz CT molecular complexity index is 3680. The molecule has 51 atom stereocenters. The summed E-state index contributed by atoms with van der Waals surface area (Å²) < 4.78 is 113. The molecule has 10 saturated heterocycles. The van der Waals surface area contributed by atoms with Crippen LogP contribution < -0.4 is 26.6 Å². The third kappa shape index (κ3) is 24.1. The van der Waals surface area contributed by atoms with Crippen LogP contribution in [0.5, 0.6) is 0 Å². The van der Waals surface area contributed by atoms with Crippen LogP contribution in [0.4, 0.5) is 0 Å². The number of carboxylic acids is 1. The zero-order valence-corrected chi connectivity index (χ0v) is 70.8. The van der Waals surface area contributed by atoms with Crippen LogP contribution in [0.25, 0.3) is 0 Å². The second-order valence-corrected chi connectivity index (χ2v) is 33.2. The highest BCUT2D eigenvalue weighted by molar-refractivity contribution is 5.77. The van der Waals surface area contributed by atoms with E-state index in [0.717, 1.165) is 34.6 Å². The van der Waals surface area contributed by atoms with Gasteiger partial charge in [0.05, 0.1) is 78.2 Å². The first kappa shape index (κ1) is 109. The summed E-state index contributed by atoms with van der Waals surface area (Å²) in [5.41, 5.74) is 0. The van der Waals surface area contributed by atoms with Crippen molar-refractivity contribution in [2.24, 2.45) is 0 Å². The normalized spacial score (nSPS) is 47.2. The van der Waals surface area contributed by atoms with Crippen LogP contribution in [0.2, 0.25) is 0 Å². The quantitative estimate of drug-likeness (QED) is 0.0277. The van der Waals surface area contributed by atoms with Crippen LogP contribution >= 0.6 is 0 Å². The number of aliphatic hydroxyl groups excluding tert-OH is 28. The van der Waals surface area contributed by atoms with Gasteiger partial charge in [-0.3, -0.25) is 24.0 Å². The molecule has 10 fully saturated rings. The van der Waals surface area contributed by atoms with Crippen molar-refractivity contribution in [2.75, 3.05) is 66.1 Å². The van der Waals surface area contributed by atoms with Crippen LogP contribution in [0.3, 0.4) is 0 Å². The Morgan fingerprint density at radius 1 is 0.311 bits per heavy atom. The fourth-order valence-corrected chi connectivity index (χ4v) is 16.9. The molecule has 0 spiro atoms. The number of ether oxygens (including phenoxy) is 19. The van der Waals surface area contributed by atoms with Crippen molar-refractivity contribution in [3.05, 3.63) is 0 Å². The molecule has 59 heteroatoms. The average Bonchev–Trinajstić information content (AvgIpc) is 0.759. The van der Waals surface area contributed by atoms with E-state index in [1.807, 2.05) is 0 Å². The number of rotatable bonds is 36. The first-order valence-electron chi connectivity index (χ1n) is 41.8. The molecule has 762 valence electrons. The predicted octanol–water partition coefficient (Wildman–Crippen LogP) is -22.9. The molecule has 0 radical (unpaired) electrons. The minimum Gasteiger partial charge on any atom is -0.477 e. The van der Waals surface area contributed by atoms with Crippen molar-refractivity contribution < 1.29 is 267 Å².